The van der Waals surface area contributed by atoms with Crippen molar-refractivity contribution in [2.45, 2.75) is 65.1 Å². The van der Waals surface area contributed by atoms with Gasteiger partial charge in [-0.2, -0.15) is 0 Å². The highest BCUT2D eigenvalue weighted by Crippen LogP contribution is 2.18. The largest absolute Gasteiger partial charge is 0.383 e. The Balaban J connectivity index is 2.58. The Bertz CT molecular complexity index is 215. The molecular weight excluding hydrogens is 224 g/mol. The lowest BCUT2D eigenvalue weighted by atomic mass is 9.98. The zero-order chi connectivity index (χ0) is 13.5. The van der Waals surface area contributed by atoms with Gasteiger partial charge in [-0.15, -0.1) is 0 Å². The number of nitrogens with one attached hydrogen (secondary N) is 1. The van der Waals surface area contributed by atoms with E-state index in [0.717, 1.165) is 19.1 Å². The SMILES string of the molecule is CCCC(COC)N1CC(CC(C)C)NCC1C. The van der Waals surface area contributed by atoms with E-state index in [1.54, 1.807) is 0 Å². The van der Waals surface area contributed by atoms with Crippen LogP contribution in [-0.2, 0) is 4.74 Å². The highest BCUT2D eigenvalue weighted by atomic mass is 16.5. The summed E-state index contributed by atoms with van der Waals surface area (Å²) in [7, 11) is 1.82. The smallest absolute Gasteiger partial charge is 0.0618 e. The summed E-state index contributed by atoms with van der Waals surface area (Å²) in [4.78, 5) is 2.66. The molecule has 0 saturated carbocycles. The first-order valence-corrected chi connectivity index (χ1v) is 7.56. The minimum absolute atomic E-state index is 0.590. The maximum Gasteiger partial charge on any atom is 0.0618 e. The Hall–Kier alpha value is -0.120. The Morgan fingerprint density at radius 3 is 2.67 bits per heavy atom. The second-order valence-electron chi connectivity index (χ2n) is 6.18. The van der Waals surface area contributed by atoms with Crippen LogP contribution in [0.2, 0.25) is 0 Å². The Morgan fingerprint density at radius 2 is 2.11 bits per heavy atom. The number of nitrogens with zero attached hydrogens (tertiary/aromatic N) is 1. The van der Waals surface area contributed by atoms with E-state index in [0.29, 0.717) is 18.1 Å². The number of piperazine rings is 1. The van der Waals surface area contributed by atoms with Gasteiger partial charge >= 0.3 is 0 Å². The molecule has 3 unspecified atom stereocenters. The lowest BCUT2D eigenvalue weighted by Crippen LogP contribution is -2.59. The van der Waals surface area contributed by atoms with Crippen molar-refractivity contribution in [3.63, 3.8) is 0 Å². The van der Waals surface area contributed by atoms with Gasteiger partial charge in [-0.25, -0.2) is 0 Å². The molecule has 0 aromatic carbocycles. The Kier molecular flexibility index (Phi) is 7.20. The zero-order valence-electron chi connectivity index (χ0n) is 12.9. The number of methoxy groups -OCH3 is 1. The maximum absolute atomic E-state index is 5.41. The fourth-order valence-electron chi connectivity index (χ4n) is 3.06. The van der Waals surface area contributed by atoms with Gasteiger partial charge in [0, 0.05) is 38.3 Å². The van der Waals surface area contributed by atoms with Crippen molar-refractivity contribution in [3.8, 4) is 0 Å². The van der Waals surface area contributed by atoms with E-state index in [2.05, 4.69) is 37.9 Å². The van der Waals surface area contributed by atoms with Gasteiger partial charge in [0.2, 0.25) is 0 Å². The third-order valence-electron chi connectivity index (χ3n) is 3.91. The minimum Gasteiger partial charge on any atom is -0.383 e. The van der Waals surface area contributed by atoms with E-state index in [1.807, 2.05) is 7.11 Å². The summed E-state index contributed by atoms with van der Waals surface area (Å²) in [6.07, 6.45) is 3.75. The highest BCUT2D eigenvalue weighted by molar-refractivity contribution is 4.88. The van der Waals surface area contributed by atoms with Crippen LogP contribution in [-0.4, -0.2) is 49.8 Å². The van der Waals surface area contributed by atoms with E-state index < -0.39 is 0 Å². The monoisotopic (exact) mass is 256 g/mol. The Morgan fingerprint density at radius 1 is 1.39 bits per heavy atom. The zero-order valence-corrected chi connectivity index (χ0v) is 12.9. The quantitative estimate of drug-likeness (QED) is 0.757. The van der Waals surface area contributed by atoms with Crippen LogP contribution in [0.25, 0.3) is 0 Å². The molecule has 0 spiro atoms. The molecule has 1 heterocycles. The van der Waals surface area contributed by atoms with Gasteiger partial charge in [-0.3, -0.25) is 4.90 Å². The molecule has 1 N–H and O–H groups in total. The predicted molar refractivity (Wildman–Crippen MR) is 78.0 cm³/mol. The predicted octanol–water partition coefficient (Wildman–Crippen LogP) is 2.51. The molecule has 1 fully saturated rings. The average Bonchev–Trinajstić information content (AvgIpc) is 2.31. The van der Waals surface area contributed by atoms with E-state index in [4.69, 9.17) is 4.74 Å². The molecule has 1 aliphatic rings. The van der Waals surface area contributed by atoms with Gasteiger partial charge in [-0.1, -0.05) is 27.2 Å². The first-order valence-electron chi connectivity index (χ1n) is 7.56. The van der Waals surface area contributed by atoms with Crippen LogP contribution in [0, 0.1) is 5.92 Å². The van der Waals surface area contributed by atoms with Gasteiger partial charge < -0.3 is 10.1 Å². The molecular formula is C15H32N2O. The topological polar surface area (TPSA) is 24.5 Å². The standard InChI is InChI=1S/C15H32N2O/c1-6-7-15(11-18-5)17-10-14(8-12(2)3)16-9-13(17)4/h12-16H,6-11H2,1-5H3. The van der Waals surface area contributed by atoms with Crippen LogP contribution in [0.3, 0.4) is 0 Å². The normalized spacial score (nSPS) is 27.7. The molecule has 1 aliphatic heterocycles. The van der Waals surface area contributed by atoms with E-state index in [-0.39, 0.29) is 0 Å². The number of hydrogen-bond acceptors (Lipinski definition) is 3. The molecule has 3 heteroatoms. The van der Waals surface area contributed by atoms with Crippen LogP contribution in [0.4, 0.5) is 0 Å². The lowest BCUT2D eigenvalue weighted by Gasteiger charge is -2.43. The summed E-state index contributed by atoms with van der Waals surface area (Å²) in [6, 6.07) is 1.87. The summed E-state index contributed by atoms with van der Waals surface area (Å²) in [5, 5.41) is 3.69. The van der Waals surface area contributed by atoms with Gasteiger partial charge in [0.1, 0.15) is 0 Å². The minimum atomic E-state index is 0.590. The van der Waals surface area contributed by atoms with E-state index in [1.165, 1.54) is 25.8 Å². The number of ether oxygens (including phenoxy) is 1. The van der Waals surface area contributed by atoms with Crippen molar-refractivity contribution in [3.05, 3.63) is 0 Å². The molecule has 0 amide bonds. The second-order valence-corrected chi connectivity index (χ2v) is 6.18. The first-order chi connectivity index (χ1) is 8.58. The van der Waals surface area contributed by atoms with Gasteiger partial charge in [0.15, 0.2) is 0 Å². The third-order valence-corrected chi connectivity index (χ3v) is 3.91. The molecule has 18 heavy (non-hydrogen) atoms. The van der Waals surface area contributed by atoms with E-state index >= 15 is 0 Å². The molecule has 0 bridgehead atoms. The first kappa shape index (κ1) is 15.9. The van der Waals surface area contributed by atoms with Crippen molar-refractivity contribution < 1.29 is 4.74 Å². The van der Waals surface area contributed by atoms with Crippen molar-refractivity contribution in [2.75, 3.05) is 26.8 Å². The molecule has 108 valence electrons. The van der Waals surface area contributed by atoms with Crippen LogP contribution in [0.5, 0.6) is 0 Å². The number of hydrogen-bond donors (Lipinski definition) is 1. The maximum atomic E-state index is 5.41. The van der Waals surface area contributed by atoms with Crippen LogP contribution in [0.1, 0.15) is 47.0 Å². The van der Waals surface area contributed by atoms with Crippen molar-refractivity contribution in [2.24, 2.45) is 5.92 Å². The van der Waals surface area contributed by atoms with Crippen LogP contribution in [0.15, 0.2) is 0 Å². The summed E-state index contributed by atoms with van der Waals surface area (Å²) in [5.41, 5.74) is 0. The lowest BCUT2D eigenvalue weighted by molar-refractivity contribution is 0.0319. The summed E-state index contributed by atoms with van der Waals surface area (Å²) < 4.78 is 5.41. The fourth-order valence-corrected chi connectivity index (χ4v) is 3.06. The van der Waals surface area contributed by atoms with Gasteiger partial charge in [0.25, 0.3) is 0 Å². The van der Waals surface area contributed by atoms with Crippen LogP contribution < -0.4 is 5.32 Å². The van der Waals surface area contributed by atoms with Crippen molar-refractivity contribution >= 4 is 0 Å². The average molecular weight is 256 g/mol. The fraction of sp³-hybridized carbons (Fsp3) is 1.00. The second kappa shape index (κ2) is 8.13. The van der Waals surface area contributed by atoms with Gasteiger partial charge in [0.05, 0.1) is 6.61 Å². The van der Waals surface area contributed by atoms with Crippen molar-refractivity contribution in [1.82, 2.24) is 10.2 Å². The molecule has 0 aromatic rings. The molecule has 0 radical (unpaired) electrons. The molecule has 0 aliphatic carbocycles. The number of rotatable bonds is 7. The van der Waals surface area contributed by atoms with Crippen molar-refractivity contribution in [1.29, 1.82) is 0 Å². The molecule has 0 aromatic heterocycles. The van der Waals surface area contributed by atoms with Crippen LogP contribution >= 0.6 is 0 Å². The third kappa shape index (κ3) is 4.87. The summed E-state index contributed by atoms with van der Waals surface area (Å²) in [6.45, 7) is 12.4. The Labute approximate surface area is 113 Å². The molecule has 3 atom stereocenters. The van der Waals surface area contributed by atoms with Gasteiger partial charge in [-0.05, 0) is 25.7 Å². The summed E-state index contributed by atoms with van der Waals surface area (Å²) in [5.74, 6) is 0.768. The highest BCUT2D eigenvalue weighted by Gasteiger charge is 2.30. The molecule has 1 rings (SSSR count). The van der Waals surface area contributed by atoms with E-state index in [9.17, 15) is 0 Å². The molecule has 3 nitrogen and oxygen atoms in total. The summed E-state index contributed by atoms with van der Waals surface area (Å²) >= 11 is 0. The molecule has 1 saturated heterocycles.